The molecule has 4 nitrogen and oxygen atoms in total. The first-order chi connectivity index (χ1) is 9.77. The number of para-hydroxylation sites is 1. The maximum absolute atomic E-state index is 12.7. The van der Waals surface area contributed by atoms with E-state index in [1.54, 1.807) is 0 Å². The Morgan fingerprint density at radius 2 is 1.90 bits per heavy atom. The average molecular weight is 323 g/mol. The molecular weight excluding hydrogens is 307 g/mol. The second-order valence-corrected chi connectivity index (χ2v) is 6.98. The lowest BCUT2D eigenvalue weighted by Crippen LogP contribution is -2.29. The van der Waals surface area contributed by atoms with Crippen LogP contribution in [0.25, 0.3) is 0 Å². The lowest BCUT2D eigenvalue weighted by molar-refractivity contribution is -0.0435. The fourth-order valence-corrected chi connectivity index (χ4v) is 3.51. The Morgan fingerprint density at radius 1 is 1.24 bits per heavy atom. The molecule has 2 rings (SSSR count). The third-order valence-corrected chi connectivity index (χ3v) is 5.26. The highest BCUT2D eigenvalue weighted by atomic mass is 32.2. The molecule has 0 spiro atoms. The minimum Gasteiger partial charge on any atom is -0.396 e. The van der Waals surface area contributed by atoms with E-state index in [0.29, 0.717) is 6.42 Å². The number of nitrogens with one attached hydrogen (secondary N) is 1. The molecular formula is C13H16F3NO3S. The highest BCUT2D eigenvalue weighted by Crippen LogP contribution is 2.36. The van der Waals surface area contributed by atoms with Crippen molar-refractivity contribution in [3.63, 3.8) is 0 Å². The van der Waals surface area contributed by atoms with Gasteiger partial charge in [-0.2, -0.15) is 13.2 Å². The summed E-state index contributed by atoms with van der Waals surface area (Å²) in [7, 11) is -5.40. The lowest BCUT2D eigenvalue weighted by atomic mass is 10.0. The Morgan fingerprint density at radius 3 is 2.52 bits per heavy atom. The van der Waals surface area contributed by atoms with Gasteiger partial charge in [0.25, 0.3) is 9.84 Å². The molecule has 118 valence electrons. The minimum absolute atomic E-state index is 0.0693. The van der Waals surface area contributed by atoms with E-state index >= 15 is 0 Å². The average Bonchev–Trinajstić information content (AvgIpc) is 2.85. The highest BCUT2D eigenvalue weighted by molar-refractivity contribution is 7.92. The molecule has 0 amide bonds. The first-order valence-corrected chi connectivity index (χ1v) is 8.03. The number of benzene rings is 1. The molecule has 1 aliphatic carbocycles. The Hall–Kier alpha value is -1.28. The van der Waals surface area contributed by atoms with Gasteiger partial charge in [-0.25, -0.2) is 8.42 Å². The second kappa shape index (κ2) is 5.84. The molecule has 1 aromatic rings. The largest absolute Gasteiger partial charge is 0.501 e. The van der Waals surface area contributed by atoms with Gasteiger partial charge in [0.15, 0.2) is 0 Å². The van der Waals surface area contributed by atoms with Gasteiger partial charge < -0.3 is 10.4 Å². The number of alkyl halides is 3. The highest BCUT2D eigenvalue weighted by Gasteiger charge is 2.48. The number of halogens is 3. The molecule has 0 aliphatic heterocycles. The van der Waals surface area contributed by atoms with E-state index in [4.69, 9.17) is 0 Å². The second-order valence-electron chi connectivity index (χ2n) is 5.07. The van der Waals surface area contributed by atoms with E-state index in [9.17, 15) is 26.7 Å². The first kappa shape index (κ1) is 16.1. The number of anilines is 1. The third-order valence-electron chi connectivity index (χ3n) is 3.72. The van der Waals surface area contributed by atoms with Crippen LogP contribution in [0.15, 0.2) is 29.2 Å². The van der Waals surface area contributed by atoms with Gasteiger partial charge in [-0.1, -0.05) is 18.6 Å². The van der Waals surface area contributed by atoms with Gasteiger partial charge in [0.1, 0.15) is 0 Å². The van der Waals surface area contributed by atoms with Gasteiger partial charge in [-0.15, -0.1) is 0 Å². The van der Waals surface area contributed by atoms with Crippen LogP contribution in [0.3, 0.4) is 0 Å². The fraction of sp³-hybridized carbons (Fsp3) is 0.538. The molecule has 0 aromatic heterocycles. The number of hydrogen-bond acceptors (Lipinski definition) is 4. The lowest BCUT2D eigenvalue weighted by Gasteiger charge is -2.22. The third kappa shape index (κ3) is 3.16. The fourth-order valence-electron chi connectivity index (χ4n) is 2.59. The first-order valence-electron chi connectivity index (χ1n) is 6.55. The minimum atomic E-state index is -5.40. The molecule has 21 heavy (non-hydrogen) atoms. The molecule has 0 heterocycles. The predicted molar refractivity (Wildman–Crippen MR) is 71.5 cm³/mol. The van der Waals surface area contributed by atoms with Crippen LogP contribution in [0.2, 0.25) is 0 Å². The summed E-state index contributed by atoms with van der Waals surface area (Å²) in [6.07, 6.45) is 2.30. The molecule has 2 N–H and O–H groups in total. The number of sulfone groups is 1. The molecule has 0 bridgehead atoms. The van der Waals surface area contributed by atoms with Gasteiger partial charge in [-0.05, 0) is 25.0 Å². The van der Waals surface area contributed by atoms with Gasteiger partial charge in [-0.3, -0.25) is 0 Å². The molecule has 1 fully saturated rings. The quantitative estimate of drug-likeness (QED) is 0.894. The summed E-state index contributed by atoms with van der Waals surface area (Å²) in [5, 5.41) is 12.1. The maximum atomic E-state index is 12.7. The molecule has 1 saturated carbocycles. The van der Waals surface area contributed by atoms with E-state index in [0.717, 1.165) is 18.9 Å². The Balaban J connectivity index is 2.34. The molecule has 1 aromatic carbocycles. The summed E-state index contributed by atoms with van der Waals surface area (Å²) in [6.45, 7) is -0.0775. The molecule has 0 radical (unpaired) electrons. The van der Waals surface area contributed by atoms with Crippen LogP contribution >= 0.6 is 0 Å². The Kier molecular flexibility index (Phi) is 4.48. The van der Waals surface area contributed by atoms with Crippen LogP contribution < -0.4 is 5.32 Å². The van der Waals surface area contributed by atoms with Crippen molar-refractivity contribution in [1.29, 1.82) is 0 Å². The summed E-state index contributed by atoms with van der Waals surface area (Å²) in [6, 6.07) is 4.75. The summed E-state index contributed by atoms with van der Waals surface area (Å²) < 4.78 is 61.3. The smallest absolute Gasteiger partial charge is 0.396 e. The van der Waals surface area contributed by atoms with Crippen LogP contribution in [0.5, 0.6) is 0 Å². The monoisotopic (exact) mass is 323 g/mol. The van der Waals surface area contributed by atoms with Crippen LogP contribution in [0.1, 0.15) is 19.3 Å². The standard InChI is InChI=1S/C13H16F3NO3S/c14-13(15,16)21(19,20)12-7-2-1-5-11(12)17-10-6-3-4-9(10)8-18/h1-2,5,7,9-10,17-18H,3-4,6,8H2. The maximum Gasteiger partial charge on any atom is 0.501 e. The number of aliphatic hydroxyl groups excluding tert-OH is 1. The van der Waals surface area contributed by atoms with Gasteiger partial charge in [0.05, 0.1) is 10.6 Å². The van der Waals surface area contributed by atoms with E-state index in [1.807, 2.05) is 0 Å². The predicted octanol–water partition coefficient (Wildman–Crippen LogP) is 2.55. The van der Waals surface area contributed by atoms with E-state index in [2.05, 4.69) is 5.32 Å². The normalized spacial score (nSPS) is 23.2. The van der Waals surface area contributed by atoms with Crippen molar-refractivity contribution in [2.24, 2.45) is 5.92 Å². The Bertz CT molecular complexity index is 601. The van der Waals surface area contributed by atoms with E-state index in [1.165, 1.54) is 18.2 Å². The van der Waals surface area contributed by atoms with Gasteiger partial charge in [0.2, 0.25) is 0 Å². The van der Waals surface area contributed by atoms with Crippen molar-refractivity contribution in [2.45, 2.75) is 35.7 Å². The van der Waals surface area contributed by atoms with Crippen molar-refractivity contribution < 1.29 is 26.7 Å². The molecule has 2 atom stereocenters. The van der Waals surface area contributed by atoms with Crippen LogP contribution in [-0.4, -0.2) is 31.7 Å². The van der Waals surface area contributed by atoms with Gasteiger partial charge in [0, 0.05) is 18.6 Å². The van der Waals surface area contributed by atoms with Crippen molar-refractivity contribution in [3.05, 3.63) is 24.3 Å². The zero-order valence-electron chi connectivity index (χ0n) is 11.1. The van der Waals surface area contributed by atoms with Crippen molar-refractivity contribution in [1.82, 2.24) is 0 Å². The Labute approximate surface area is 120 Å². The van der Waals surface area contributed by atoms with Gasteiger partial charge >= 0.3 is 5.51 Å². The van der Waals surface area contributed by atoms with Crippen LogP contribution in [0.4, 0.5) is 18.9 Å². The summed E-state index contributed by atoms with van der Waals surface area (Å²) in [5.74, 6) is -0.0772. The molecule has 8 heteroatoms. The summed E-state index contributed by atoms with van der Waals surface area (Å²) in [5.41, 5.74) is -5.41. The van der Waals surface area contributed by atoms with Crippen LogP contribution in [-0.2, 0) is 9.84 Å². The van der Waals surface area contributed by atoms with Crippen molar-refractivity contribution in [3.8, 4) is 0 Å². The SMILES string of the molecule is O=S(=O)(c1ccccc1NC1CCCC1CO)C(F)(F)F. The topological polar surface area (TPSA) is 66.4 Å². The van der Waals surface area contributed by atoms with Crippen molar-refractivity contribution in [2.75, 3.05) is 11.9 Å². The zero-order chi connectivity index (χ0) is 15.7. The van der Waals surface area contributed by atoms with Crippen LogP contribution in [0, 0.1) is 5.92 Å². The number of hydrogen-bond donors (Lipinski definition) is 2. The van der Waals surface area contributed by atoms with E-state index < -0.39 is 20.2 Å². The molecule has 1 aliphatic rings. The number of rotatable bonds is 4. The zero-order valence-corrected chi connectivity index (χ0v) is 11.9. The van der Waals surface area contributed by atoms with Crippen molar-refractivity contribution >= 4 is 15.5 Å². The van der Waals surface area contributed by atoms with E-state index in [-0.39, 0.29) is 24.3 Å². The number of aliphatic hydroxyl groups is 1. The molecule has 0 saturated heterocycles. The summed E-state index contributed by atoms with van der Waals surface area (Å²) in [4.78, 5) is -0.777. The molecule has 2 unspecified atom stereocenters. The summed E-state index contributed by atoms with van der Waals surface area (Å²) >= 11 is 0.